The first kappa shape index (κ1) is 17.2. The van der Waals surface area contributed by atoms with Crippen molar-refractivity contribution >= 4 is 34.4 Å². The highest BCUT2D eigenvalue weighted by Crippen LogP contribution is 2.37. The summed E-state index contributed by atoms with van der Waals surface area (Å²) in [7, 11) is 0. The largest absolute Gasteiger partial charge is 0.410 e. The Morgan fingerprint density at radius 3 is 3.15 bits per heavy atom. The molecule has 0 spiro atoms. The lowest BCUT2D eigenvalue weighted by atomic mass is 9.90. The monoisotopic (exact) mass is 416 g/mol. The average Bonchev–Trinajstić information content (AvgIpc) is 3.45. The molecule has 6 nitrogen and oxygen atoms in total. The third-order valence-corrected chi connectivity index (χ3v) is 7.37. The minimum Gasteiger partial charge on any atom is -0.410 e. The van der Waals surface area contributed by atoms with Crippen molar-refractivity contribution < 1.29 is 8.94 Å². The Hall–Kier alpha value is -1.97. The number of rotatable bonds is 5. The summed E-state index contributed by atoms with van der Waals surface area (Å²) in [4.78, 5) is 7.92. The SMILES string of the molecule is C[C@H]1CCc2sc(-c3nnc(SCc4nc(-c5cccs5)no4)o3)cc2C1. The zero-order valence-electron chi connectivity index (χ0n) is 14.5. The number of hydrogen-bond acceptors (Lipinski definition) is 9. The second-order valence-electron chi connectivity index (χ2n) is 6.56. The quantitative estimate of drug-likeness (QED) is 0.407. The fourth-order valence-electron chi connectivity index (χ4n) is 3.12. The van der Waals surface area contributed by atoms with Crippen LogP contribution in [0.3, 0.4) is 0 Å². The van der Waals surface area contributed by atoms with Crippen molar-refractivity contribution in [3.63, 3.8) is 0 Å². The smallest absolute Gasteiger partial charge is 0.277 e. The number of thiophene rings is 2. The van der Waals surface area contributed by atoms with E-state index < -0.39 is 0 Å². The van der Waals surface area contributed by atoms with Crippen LogP contribution < -0.4 is 0 Å². The van der Waals surface area contributed by atoms with Gasteiger partial charge in [0.05, 0.1) is 15.5 Å². The molecule has 138 valence electrons. The van der Waals surface area contributed by atoms with Gasteiger partial charge in [0.2, 0.25) is 11.7 Å². The molecule has 0 fully saturated rings. The van der Waals surface area contributed by atoms with E-state index in [0.29, 0.717) is 28.6 Å². The van der Waals surface area contributed by atoms with E-state index in [-0.39, 0.29) is 0 Å². The lowest BCUT2D eigenvalue weighted by molar-refractivity contribution is 0.391. The molecule has 9 heteroatoms. The maximum absolute atomic E-state index is 5.84. The van der Waals surface area contributed by atoms with E-state index in [4.69, 9.17) is 8.94 Å². The van der Waals surface area contributed by atoms with Crippen molar-refractivity contribution in [2.45, 2.75) is 37.2 Å². The van der Waals surface area contributed by atoms with Crippen molar-refractivity contribution in [1.29, 1.82) is 0 Å². The fourth-order valence-corrected chi connectivity index (χ4v) is 5.50. The minimum absolute atomic E-state index is 0.498. The molecule has 1 atom stereocenters. The first-order chi connectivity index (χ1) is 13.2. The summed E-state index contributed by atoms with van der Waals surface area (Å²) in [6, 6.07) is 6.15. The van der Waals surface area contributed by atoms with Crippen LogP contribution in [0.1, 0.15) is 29.7 Å². The van der Waals surface area contributed by atoms with Gasteiger partial charge in [-0.15, -0.1) is 32.9 Å². The predicted molar refractivity (Wildman–Crippen MR) is 106 cm³/mol. The Labute approximate surface area is 168 Å². The lowest BCUT2D eigenvalue weighted by Gasteiger charge is -2.16. The Morgan fingerprint density at radius 1 is 1.30 bits per heavy atom. The summed E-state index contributed by atoms with van der Waals surface area (Å²) < 4.78 is 11.1. The van der Waals surface area contributed by atoms with E-state index in [1.165, 1.54) is 28.6 Å². The standard InChI is InChI=1S/C18H16N4O2S3/c1-10-4-5-12-11(7-10)8-14(27-12)17-20-21-18(23-17)26-9-15-19-16(22-24-15)13-3-2-6-25-13/h2-3,6,8,10H,4-5,7,9H2,1H3/t10-/m0/s1. The molecule has 27 heavy (non-hydrogen) atoms. The van der Waals surface area contributed by atoms with Crippen LogP contribution in [0.4, 0.5) is 0 Å². The molecule has 0 aliphatic heterocycles. The van der Waals surface area contributed by atoms with Crippen LogP contribution in [0.15, 0.2) is 37.7 Å². The summed E-state index contributed by atoms with van der Waals surface area (Å²) in [5, 5.41) is 14.9. The number of fused-ring (bicyclic) bond motifs is 1. The second-order valence-corrected chi connectivity index (χ2v) is 9.57. The lowest BCUT2D eigenvalue weighted by Crippen LogP contribution is -2.07. The molecule has 0 bridgehead atoms. The topological polar surface area (TPSA) is 77.8 Å². The molecule has 5 rings (SSSR count). The predicted octanol–water partition coefficient (Wildman–Crippen LogP) is 5.33. The third-order valence-electron chi connectivity index (χ3n) is 4.48. The second kappa shape index (κ2) is 7.21. The molecule has 1 aliphatic rings. The van der Waals surface area contributed by atoms with Gasteiger partial charge in [0.25, 0.3) is 11.1 Å². The molecule has 4 aromatic heterocycles. The van der Waals surface area contributed by atoms with Crippen LogP contribution in [0.2, 0.25) is 0 Å². The van der Waals surface area contributed by atoms with Crippen LogP contribution in [0, 0.1) is 5.92 Å². The molecule has 0 N–H and O–H groups in total. The minimum atomic E-state index is 0.498. The van der Waals surface area contributed by atoms with Gasteiger partial charge < -0.3 is 8.94 Å². The van der Waals surface area contributed by atoms with Gasteiger partial charge in [-0.3, -0.25) is 0 Å². The number of thioether (sulfide) groups is 1. The van der Waals surface area contributed by atoms with Gasteiger partial charge in [-0.1, -0.05) is 29.9 Å². The Morgan fingerprint density at radius 2 is 2.26 bits per heavy atom. The summed E-state index contributed by atoms with van der Waals surface area (Å²) in [5.74, 6) is 3.00. The Bertz CT molecular complexity index is 1050. The molecule has 0 aromatic carbocycles. The zero-order valence-corrected chi connectivity index (χ0v) is 17.0. The highest BCUT2D eigenvalue weighted by molar-refractivity contribution is 7.98. The van der Waals surface area contributed by atoms with E-state index in [2.05, 4.69) is 33.3 Å². The zero-order chi connectivity index (χ0) is 18.2. The van der Waals surface area contributed by atoms with Crippen LogP contribution in [-0.4, -0.2) is 20.3 Å². The summed E-state index contributed by atoms with van der Waals surface area (Å²) in [6.07, 6.45) is 3.56. The van der Waals surface area contributed by atoms with Gasteiger partial charge in [0.15, 0.2) is 0 Å². The van der Waals surface area contributed by atoms with Crippen LogP contribution >= 0.6 is 34.4 Å². The van der Waals surface area contributed by atoms with Crippen LogP contribution in [0.25, 0.3) is 21.5 Å². The summed E-state index contributed by atoms with van der Waals surface area (Å²) in [6.45, 7) is 2.31. The molecule has 0 radical (unpaired) electrons. The average molecular weight is 417 g/mol. The van der Waals surface area contributed by atoms with Crippen molar-refractivity contribution in [2.24, 2.45) is 5.92 Å². The van der Waals surface area contributed by atoms with Crippen molar-refractivity contribution in [3.8, 4) is 21.5 Å². The highest BCUT2D eigenvalue weighted by atomic mass is 32.2. The van der Waals surface area contributed by atoms with Gasteiger partial charge in [-0.25, -0.2) is 0 Å². The van der Waals surface area contributed by atoms with E-state index in [1.54, 1.807) is 22.7 Å². The highest BCUT2D eigenvalue weighted by Gasteiger charge is 2.21. The Balaban J connectivity index is 1.26. The van der Waals surface area contributed by atoms with Crippen molar-refractivity contribution in [2.75, 3.05) is 0 Å². The fraction of sp³-hybridized carbons (Fsp3) is 0.333. The van der Waals surface area contributed by atoms with Crippen LogP contribution in [-0.2, 0) is 18.6 Å². The summed E-state index contributed by atoms with van der Waals surface area (Å²) in [5.41, 5.74) is 1.44. The van der Waals surface area contributed by atoms with Crippen molar-refractivity contribution in [3.05, 3.63) is 39.9 Å². The molecule has 0 saturated heterocycles. The number of nitrogens with zero attached hydrogens (tertiary/aromatic N) is 4. The van der Waals surface area contributed by atoms with Crippen LogP contribution in [0.5, 0.6) is 0 Å². The number of aryl methyl sites for hydroxylation is 1. The number of hydrogen-bond donors (Lipinski definition) is 0. The molecule has 0 amide bonds. The first-order valence-corrected chi connectivity index (χ1v) is 11.4. The Kier molecular flexibility index (Phi) is 4.58. The van der Waals surface area contributed by atoms with Gasteiger partial charge in [0.1, 0.15) is 0 Å². The molecule has 0 saturated carbocycles. The summed E-state index contributed by atoms with van der Waals surface area (Å²) >= 11 is 4.77. The number of aromatic nitrogens is 4. The van der Waals surface area contributed by atoms with E-state index in [1.807, 2.05) is 17.5 Å². The molecular formula is C18H16N4O2S3. The molecule has 1 aliphatic carbocycles. The maximum atomic E-state index is 5.84. The van der Waals surface area contributed by atoms with E-state index >= 15 is 0 Å². The van der Waals surface area contributed by atoms with E-state index in [0.717, 1.165) is 28.5 Å². The van der Waals surface area contributed by atoms with Gasteiger partial charge in [0, 0.05) is 4.88 Å². The maximum Gasteiger partial charge on any atom is 0.277 e. The molecular weight excluding hydrogens is 400 g/mol. The molecule has 4 heterocycles. The molecule has 4 aromatic rings. The van der Waals surface area contributed by atoms with Gasteiger partial charge >= 0.3 is 0 Å². The van der Waals surface area contributed by atoms with Crippen molar-refractivity contribution in [1.82, 2.24) is 20.3 Å². The first-order valence-electron chi connectivity index (χ1n) is 8.69. The van der Waals surface area contributed by atoms with E-state index in [9.17, 15) is 0 Å². The normalized spacial score (nSPS) is 16.6. The third kappa shape index (κ3) is 3.59. The van der Waals surface area contributed by atoms with Gasteiger partial charge in [-0.05, 0) is 48.3 Å². The molecule has 0 unspecified atom stereocenters. The van der Waals surface area contributed by atoms with Gasteiger partial charge in [-0.2, -0.15) is 4.98 Å².